The van der Waals surface area contributed by atoms with E-state index in [1.54, 1.807) is 13.8 Å². The van der Waals surface area contributed by atoms with Gasteiger partial charge >= 0.3 is 10.0 Å². The second-order valence-electron chi connectivity index (χ2n) is 5.56. The molecule has 1 heterocycles. The topological polar surface area (TPSA) is 77.5 Å². The van der Waals surface area contributed by atoms with Crippen molar-refractivity contribution in [3.8, 4) is 0 Å². The quantitative estimate of drug-likeness (QED) is 0.541. The summed E-state index contributed by atoms with van der Waals surface area (Å²) >= 11 is 0. The van der Waals surface area contributed by atoms with Crippen molar-refractivity contribution in [2.45, 2.75) is 51.0 Å². The zero-order valence-electron chi connectivity index (χ0n) is 12.0. The molecule has 0 aromatic heterocycles. The molecule has 6 nitrogen and oxygen atoms in total. The van der Waals surface area contributed by atoms with Gasteiger partial charge in [0, 0.05) is 12.8 Å². The van der Waals surface area contributed by atoms with E-state index >= 15 is 0 Å². The van der Waals surface area contributed by atoms with Crippen LogP contribution in [0.4, 0.5) is 0 Å². The van der Waals surface area contributed by atoms with Gasteiger partial charge in [0.1, 0.15) is 5.25 Å². The number of quaternary nitrogens is 1. The van der Waals surface area contributed by atoms with Gasteiger partial charge in [0.15, 0.2) is 0 Å². The van der Waals surface area contributed by atoms with Crippen molar-refractivity contribution in [1.82, 2.24) is 0 Å². The Kier molecular flexibility index (Phi) is 5.03. The van der Waals surface area contributed by atoms with E-state index < -0.39 is 30.6 Å². The van der Waals surface area contributed by atoms with Crippen LogP contribution in [0.5, 0.6) is 0 Å². The minimum atomic E-state index is -3.69. The first-order valence-electron chi connectivity index (χ1n) is 6.53. The first kappa shape index (κ1) is 16.9. The average molecular weight is 314 g/mol. The van der Waals surface area contributed by atoms with Gasteiger partial charge in [-0.1, -0.05) is 0 Å². The summed E-state index contributed by atoms with van der Waals surface area (Å²) in [6.45, 7) is 6.81. The van der Waals surface area contributed by atoms with E-state index in [0.717, 1.165) is 12.8 Å². The Labute approximate surface area is 116 Å². The predicted molar refractivity (Wildman–Crippen MR) is 73.3 cm³/mol. The second kappa shape index (κ2) is 5.67. The fraction of sp³-hybridized carbons (Fsp3) is 1.00. The summed E-state index contributed by atoms with van der Waals surface area (Å²) in [6.07, 6.45) is 1.55. The molecule has 0 unspecified atom stereocenters. The molecule has 1 saturated heterocycles. The van der Waals surface area contributed by atoms with Gasteiger partial charge in [-0.2, -0.15) is 20.7 Å². The number of rotatable bonds is 6. The van der Waals surface area contributed by atoms with Gasteiger partial charge in [-0.15, -0.1) is 0 Å². The number of hydrogen-bond donors (Lipinski definition) is 0. The summed E-state index contributed by atoms with van der Waals surface area (Å²) in [5, 5.41) is -1.21. The third-order valence-corrected chi connectivity index (χ3v) is 7.88. The zero-order chi connectivity index (χ0) is 14.9. The van der Waals surface area contributed by atoms with E-state index in [1.807, 2.05) is 0 Å². The van der Waals surface area contributed by atoms with Crippen LogP contribution in [-0.2, 0) is 24.3 Å². The summed E-state index contributed by atoms with van der Waals surface area (Å²) in [6, 6.07) is 0. The van der Waals surface area contributed by atoms with Crippen molar-refractivity contribution in [1.29, 1.82) is 0 Å². The van der Waals surface area contributed by atoms with E-state index in [-0.39, 0.29) is 10.6 Å². The Hall–Kier alpha value is -0.180. The summed E-state index contributed by atoms with van der Waals surface area (Å²) < 4.78 is 53.0. The van der Waals surface area contributed by atoms with Crippen LogP contribution in [0, 0.1) is 0 Å². The molecule has 0 aromatic carbocycles. The number of hydrogen-bond acceptors (Lipinski definition) is 5. The lowest BCUT2D eigenvalue weighted by molar-refractivity contribution is -0.811. The maximum atomic E-state index is 12.4. The molecular formula is C11H24NO5S2+. The monoisotopic (exact) mass is 314 g/mol. The van der Waals surface area contributed by atoms with Crippen molar-refractivity contribution < 1.29 is 24.9 Å². The maximum absolute atomic E-state index is 12.4. The van der Waals surface area contributed by atoms with Crippen molar-refractivity contribution >= 4 is 20.1 Å². The Morgan fingerprint density at radius 1 is 0.947 bits per heavy atom. The SMILES string of the molecule is CC(C)S(=O)(=O)OC[N+]1(S(=O)(=O)C(C)C)CCCC1. The molecule has 0 atom stereocenters. The summed E-state index contributed by atoms with van der Waals surface area (Å²) in [5.74, 6) is 0. The lowest BCUT2D eigenvalue weighted by Gasteiger charge is -2.33. The fourth-order valence-corrected chi connectivity index (χ4v) is 4.67. The Morgan fingerprint density at radius 3 is 1.79 bits per heavy atom. The zero-order valence-corrected chi connectivity index (χ0v) is 13.6. The molecule has 0 radical (unpaired) electrons. The minimum absolute atomic E-state index is 0.267. The normalized spacial score (nSPS) is 20.3. The maximum Gasteiger partial charge on any atom is 0.301 e. The molecule has 1 fully saturated rings. The highest BCUT2D eigenvalue weighted by molar-refractivity contribution is 7.87. The fourth-order valence-electron chi connectivity index (χ4n) is 2.12. The Bertz CT molecular complexity index is 501. The third-order valence-electron chi connectivity index (χ3n) is 3.55. The second-order valence-corrected chi connectivity index (χ2v) is 10.5. The highest BCUT2D eigenvalue weighted by atomic mass is 32.2. The molecule has 0 spiro atoms. The molecule has 1 rings (SSSR count). The molecule has 0 N–H and O–H groups in total. The van der Waals surface area contributed by atoms with Gasteiger partial charge in [-0.25, -0.2) is 4.18 Å². The van der Waals surface area contributed by atoms with Gasteiger partial charge < -0.3 is 0 Å². The van der Waals surface area contributed by atoms with Crippen LogP contribution in [0.2, 0.25) is 0 Å². The van der Waals surface area contributed by atoms with E-state index in [0.29, 0.717) is 13.1 Å². The smallest absolute Gasteiger partial charge is 0.214 e. The predicted octanol–water partition coefficient (Wildman–Crippen LogP) is 1.05. The van der Waals surface area contributed by atoms with Crippen molar-refractivity contribution in [2.75, 3.05) is 19.8 Å². The van der Waals surface area contributed by atoms with E-state index in [9.17, 15) is 16.8 Å². The summed E-state index contributed by atoms with van der Waals surface area (Å²) in [7, 11) is -7.13. The Morgan fingerprint density at radius 2 is 1.42 bits per heavy atom. The van der Waals surface area contributed by atoms with Crippen LogP contribution in [0.15, 0.2) is 0 Å². The molecule has 19 heavy (non-hydrogen) atoms. The minimum Gasteiger partial charge on any atom is -0.214 e. The van der Waals surface area contributed by atoms with E-state index in [2.05, 4.69) is 0 Å². The van der Waals surface area contributed by atoms with Crippen molar-refractivity contribution in [3.05, 3.63) is 0 Å². The molecule has 1 aliphatic heterocycles. The molecular weight excluding hydrogens is 290 g/mol. The lowest BCUT2D eigenvalue weighted by atomic mass is 10.4. The molecule has 0 aliphatic carbocycles. The molecule has 0 saturated carbocycles. The number of nitrogens with zero attached hydrogens (tertiary/aromatic N) is 1. The summed E-state index contributed by atoms with van der Waals surface area (Å²) in [5.41, 5.74) is 0. The van der Waals surface area contributed by atoms with Gasteiger partial charge in [-0.3, -0.25) is 0 Å². The molecule has 114 valence electrons. The molecule has 1 aliphatic rings. The third kappa shape index (κ3) is 3.29. The van der Waals surface area contributed by atoms with Crippen LogP contribution in [-0.4, -0.2) is 51.0 Å². The van der Waals surface area contributed by atoms with E-state index in [4.69, 9.17) is 4.18 Å². The molecule has 0 amide bonds. The Balaban J connectivity index is 2.98. The van der Waals surface area contributed by atoms with Gasteiger partial charge in [0.05, 0.1) is 18.3 Å². The van der Waals surface area contributed by atoms with E-state index in [1.165, 1.54) is 13.8 Å². The lowest BCUT2D eigenvalue weighted by Crippen LogP contribution is -2.55. The number of likely N-dealkylation sites (tertiary alicyclic amines) is 1. The van der Waals surface area contributed by atoms with Crippen LogP contribution in [0.25, 0.3) is 0 Å². The van der Waals surface area contributed by atoms with Crippen LogP contribution in [0.1, 0.15) is 40.5 Å². The van der Waals surface area contributed by atoms with Crippen molar-refractivity contribution in [3.63, 3.8) is 0 Å². The standard InChI is InChI=1S/C11H24NO5S2/c1-10(2)18(13,14)12(7-5-6-8-12)9-17-19(15,16)11(3)4/h10-11H,5-9H2,1-4H3/q+1. The number of sulfonamides is 1. The molecule has 0 aromatic rings. The average Bonchev–Trinajstić information content (AvgIpc) is 2.76. The van der Waals surface area contributed by atoms with Crippen LogP contribution >= 0.6 is 0 Å². The van der Waals surface area contributed by atoms with Crippen molar-refractivity contribution in [2.24, 2.45) is 0 Å². The highest BCUT2D eigenvalue weighted by Gasteiger charge is 2.47. The first-order valence-corrected chi connectivity index (χ1v) is 9.51. The van der Waals surface area contributed by atoms with Gasteiger partial charge in [-0.05, 0) is 27.7 Å². The molecule has 8 heteroatoms. The van der Waals surface area contributed by atoms with Crippen LogP contribution in [0.3, 0.4) is 0 Å². The summed E-state index contributed by atoms with van der Waals surface area (Å²) in [4.78, 5) is 0. The largest absolute Gasteiger partial charge is 0.301 e. The molecule has 0 bridgehead atoms. The highest BCUT2D eigenvalue weighted by Crippen LogP contribution is 2.28. The van der Waals surface area contributed by atoms with Crippen LogP contribution < -0.4 is 0 Å². The van der Waals surface area contributed by atoms with Gasteiger partial charge in [0.25, 0.3) is 10.1 Å². The van der Waals surface area contributed by atoms with Gasteiger partial charge in [0.2, 0.25) is 6.73 Å². The first-order chi connectivity index (χ1) is 8.55.